The maximum atomic E-state index is 5.11. The Kier molecular flexibility index (Phi) is 10.2. The van der Waals surface area contributed by atoms with Gasteiger partial charge in [-0.25, -0.2) is 0 Å². The first-order valence-corrected chi connectivity index (χ1v) is 5.15. The van der Waals surface area contributed by atoms with Crippen molar-refractivity contribution in [3.05, 3.63) is 24.3 Å². The molecule has 0 saturated heterocycles. The molecule has 0 aromatic heterocycles. The van der Waals surface area contributed by atoms with Crippen molar-refractivity contribution in [2.75, 3.05) is 0 Å². The van der Waals surface area contributed by atoms with E-state index < -0.39 is 0 Å². The van der Waals surface area contributed by atoms with Gasteiger partial charge in [0.2, 0.25) is 0 Å². The summed E-state index contributed by atoms with van der Waals surface area (Å²) in [5, 5.41) is 0. The SMILES string of the molecule is C#CC/C=C\C/C=C\CCCCC. The molecule has 0 aromatic rings. The van der Waals surface area contributed by atoms with Crippen molar-refractivity contribution < 1.29 is 0 Å². The van der Waals surface area contributed by atoms with Crippen molar-refractivity contribution in [1.29, 1.82) is 0 Å². The summed E-state index contributed by atoms with van der Waals surface area (Å²) >= 11 is 0. The van der Waals surface area contributed by atoms with Gasteiger partial charge in [0, 0.05) is 6.42 Å². The van der Waals surface area contributed by atoms with E-state index in [1.165, 1.54) is 25.7 Å². The molecule has 72 valence electrons. The number of terminal acetylenes is 1. The number of hydrogen-bond acceptors (Lipinski definition) is 0. The molecule has 0 rings (SSSR count). The van der Waals surface area contributed by atoms with Crippen LogP contribution in [0.3, 0.4) is 0 Å². The highest BCUT2D eigenvalue weighted by atomic mass is 13.9. The van der Waals surface area contributed by atoms with Gasteiger partial charge in [-0.05, 0) is 19.3 Å². The molecule has 0 atom stereocenters. The lowest BCUT2D eigenvalue weighted by Gasteiger charge is -1.90. The first kappa shape index (κ1) is 12.0. The number of rotatable bonds is 7. The van der Waals surface area contributed by atoms with Crippen molar-refractivity contribution in [2.45, 2.75) is 45.4 Å². The Labute approximate surface area is 82.7 Å². The second kappa shape index (κ2) is 11.0. The highest BCUT2D eigenvalue weighted by Crippen LogP contribution is 2.00. The van der Waals surface area contributed by atoms with E-state index in [-0.39, 0.29) is 0 Å². The van der Waals surface area contributed by atoms with Crippen molar-refractivity contribution in [1.82, 2.24) is 0 Å². The van der Waals surface area contributed by atoms with Gasteiger partial charge in [0.05, 0.1) is 0 Å². The molecule has 0 nitrogen and oxygen atoms in total. The van der Waals surface area contributed by atoms with Crippen LogP contribution >= 0.6 is 0 Å². The first-order chi connectivity index (χ1) is 6.41. The van der Waals surface area contributed by atoms with Crippen LogP contribution in [0.2, 0.25) is 0 Å². The predicted molar refractivity (Wildman–Crippen MR) is 60.5 cm³/mol. The topological polar surface area (TPSA) is 0 Å². The van der Waals surface area contributed by atoms with Crippen LogP contribution in [0, 0.1) is 12.3 Å². The lowest BCUT2D eigenvalue weighted by atomic mass is 10.2. The fourth-order valence-electron chi connectivity index (χ4n) is 1.05. The minimum absolute atomic E-state index is 0.754. The van der Waals surface area contributed by atoms with Gasteiger partial charge < -0.3 is 0 Å². The Bertz CT molecular complexity index is 179. The van der Waals surface area contributed by atoms with Gasteiger partial charge in [-0.1, -0.05) is 44.1 Å². The van der Waals surface area contributed by atoms with Gasteiger partial charge in [0.15, 0.2) is 0 Å². The minimum Gasteiger partial charge on any atom is -0.120 e. The van der Waals surface area contributed by atoms with Crippen molar-refractivity contribution in [2.24, 2.45) is 0 Å². The lowest BCUT2D eigenvalue weighted by molar-refractivity contribution is 0.728. The summed E-state index contributed by atoms with van der Waals surface area (Å²) in [7, 11) is 0. The number of allylic oxidation sites excluding steroid dienone is 4. The molecular formula is C13H20. The van der Waals surface area contributed by atoms with Crippen LogP contribution in [0.1, 0.15) is 45.4 Å². The third-order valence-electron chi connectivity index (χ3n) is 1.82. The van der Waals surface area contributed by atoms with Gasteiger partial charge in [-0.2, -0.15) is 0 Å². The fourth-order valence-corrected chi connectivity index (χ4v) is 1.05. The second-order valence-electron chi connectivity index (χ2n) is 3.08. The van der Waals surface area contributed by atoms with Crippen LogP contribution in [-0.4, -0.2) is 0 Å². The summed E-state index contributed by atoms with van der Waals surface area (Å²) in [6, 6.07) is 0. The predicted octanol–water partition coefficient (Wildman–Crippen LogP) is 4.09. The normalized spacial score (nSPS) is 11.1. The quantitative estimate of drug-likeness (QED) is 0.311. The molecule has 0 bridgehead atoms. The van der Waals surface area contributed by atoms with E-state index in [0.717, 1.165) is 12.8 Å². The van der Waals surface area contributed by atoms with Crippen LogP contribution in [0.5, 0.6) is 0 Å². The lowest BCUT2D eigenvalue weighted by Crippen LogP contribution is -1.70. The minimum atomic E-state index is 0.754. The molecule has 0 saturated carbocycles. The maximum absolute atomic E-state index is 5.11. The van der Waals surface area contributed by atoms with Crippen molar-refractivity contribution in [3.63, 3.8) is 0 Å². The zero-order valence-corrected chi connectivity index (χ0v) is 8.63. The summed E-state index contributed by atoms with van der Waals surface area (Å²) in [4.78, 5) is 0. The maximum Gasteiger partial charge on any atom is 0.0267 e. The number of hydrogen-bond donors (Lipinski definition) is 0. The third-order valence-corrected chi connectivity index (χ3v) is 1.82. The Hall–Kier alpha value is -0.960. The van der Waals surface area contributed by atoms with Crippen LogP contribution in [-0.2, 0) is 0 Å². The smallest absolute Gasteiger partial charge is 0.0267 e. The van der Waals surface area contributed by atoms with Gasteiger partial charge in [-0.3, -0.25) is 0 Å². The molecule has 0 amide bonds. The molecule has 0 aliphatic carbocycles. The second-order valence-corrected chi connectivity index (χ2v) is 3.08. The molecule has 0 radical (unpaired) electrons. The molecule has 0 unspecified atom stereocenters. The van der Waals surface area contributed by atoms with Crippen LogP contribution in [0.15, 0.2) is 24.3 Å². The van der Waals surface area contributed by atoms with E-state index in [2.05, 4.69) is 31.1 Å². The zero-order valence-electron chi connectivity index (χ0n) is 8.63. The molecule has 0 spiro atoms. The molecule has 0 fully saturated rings. The van der Waals surface area contributed by atoms with Crippen LogP contribution in [0.4, 0.5) is 0 Å². The fraction of sp³-hybridized carbons (Fsp3) is 0.538. The molecule has 0 heterocycles. The Morgan fingerprint density at radius 3 is 2.54 bits per heavy atom. The molecule has 13 heavy (non-hydrogen) atoms. The monoisotopic (exact) mass is 176 g/mol. The standard InChI is InChI=1S/C13H20/c1-3-5-7-9-11-13-12-10-8-6-4-2/h1,7,9,12-13H,4-6,8,10-11H2,2H3/b9-7-,13-12-. The number of unbranched alkanes of at least 4 members (excludes halogenated alkanes) is 3. The highest BCUT2D eigenvalue weighted by Gasteiger charge is 1.80. The van der Waals surface area contributed by atoms with E-state index in [1.54, 1.807) is 0 Å². The van der Waals surface area contributed by atoms with Gasteiger partial charge >= 0.3 is 0 Å². The van der Waals surface area contributed by atoms with E-state index in [1.807, 2.05) is 6.08 Å². The molecule has 0 aliphatic rings. The summed E-state index contributed by atoms with van der Waals surface area (Å²) in [5.74, 6) is 2.58. The summed E-state index contributed by atoms with van der Waals surface area (Å²) in [6.07, 6.45) is 20.7. The summed E-state index contributed by atoms with van der Waals surface area (Å²) < 4.78 is 0. The molecule has 0 aromatic carbocycles. The molecule has 0 N–H and O–H groups in total. The van der Waals surface area contributed by atoms with E-state index >= 15 is 0 Å². The van der Waals surface area contributed by atoms with E-state index in [4.69, 9.17) is 6.42 Å². The van der Waals surface area contributed by atoms with Gasteiger partial charge in [0.1, 0.15) is 0 Å². The molecular weight excluding hydrogens is 156 g/mol. The average molecular weight is 176 g/mol. The van der Waals surface area contributed by atoms with Crippen molar-refractivity contribution in [3.8, 4) is 12.3 Å². The van der Waals surface area contributed by atoms with Crippen LogP contribution in [0.25, 0.3) is 0 Å². The Morgan fingerprint density at radius 2 is 1.85 bits per heavy atom. The zero-order chi connectivity index (χ0) is 9.78. The van der Waals surface area contributed by atoms with Crippen LogP contribution < -0.4 is 0 Å². The first-order valence-electron chi connectivity index (χ1n) is 5.15. The average Bonchev–Trinajstić information content (AvgIpc) is 2.16. The molecule has 0 heteroatoms. The summed E-state index contributed by atoms with van der Waals surface area (Å²) in [6.45, 7) is 2.23. The van der Waals surface area contributed by atoms with Gasteiger partial charge in [0.25, 0.3) is 0 Å². The largest absolute Gasteiger partial charge is 0.120 e. The van der Waals surface area contributed by atoms with E-state index in [9.17, 15) is 0 Å². The molecule has 0 aliphatic heterocycles. The van der Waals surface area contributed by atoms with E-state index in [0.29, 0.717) is 0 Å². The summed E-state index contributed by atoms with van der Waals surface area (Å²) in [5.41, 5.74) is 0. The third kappa shape index (κ3) is 11.0. The van der Waals surface area contributed by atoms with Crippen molar-refractivity contribution >= 4 is 0 Å². The van der Waals surface area contributed by atoms with Gasteiger partial charge in [-0.15, -0.1) is 12.3 Å². The Morgan fingerprint density at radius 1 is 1.08 bits per heavy atom. The highest BCUT2D eigenvalue weighted by molar-refractivity contribution is 4.99. The Balaban J connectivity index is 3.17.